The van der Waals surface area contributed by atoms with Crippen LogP contribution in [-0.4, -0.2) is 26.2 Å². The number of thiophene rings is 1. The topological polar surface area (TPSA) is 78.3 Å². The Morgan fingerprint density at radius 3 is 2.48 bits per heavy atom. The fraction of sp³-hybridized carbons (Fsp3) is 0.143. The van der Waals surface area contributed by atoms with E-state index in [9.17, 15) is 10.2 Å². The number of aliphatic hydroxyl groups excluding tert-OH is 1. The molecule has 0 aliphatic carbocycles. The van der Waals surface area contributed by atoms with E-state index in [1.54, 1.807) is 35.6 Å². The number of fused-ring (bicyclic) bond motifs is 1. The summed E-state index contributed by atoms with van der Waals surface area (Å²) in [6.07, 6.45) is 0.804. The average Bonchev–Trinajstić information content (AvgIpc) is 3.14. The van der Waals surface area contributed by atoms with E-state index >= 15 is 0 Å². The molecule has 0 spiro atoms. The SMILES string of the molecule is CC(Nc1ncnc2sc(-c3ccccc3)cc12)C(O)c1ccc(O)cc1. The van der Waals surface area contributed by atoms with Gasteiger partial charge < -0.3 is 15.5 Å². The van der Waals surface area contributed by atoms with E-state index in [4.69, 9.17) is 0 Å². The van der Waals surface area contributed by atoms with Crippen LogP contribution in [0.2, 0.25) is 0 Å². The predicted molar refractivity (Wildman–Crippen MR) is 109 cm³/mol. The summed E-state index contributed by atoms with van der Waals surface area (Å²) in [5.74, 6) is 0.875. The molecule has 2 aromatic heterocycles. The van der Waals surface area contributed by atoms with Gasteiger partial charge in [0.05, 0.1) is 17.5 Å². The Labute approximate surface area is 161 Å². The summed E-state index contributed by atoms with van der Waals surface area (Å²) in [6.45, 7) is 1.90. The normalized spacial score (nSPS) is 13.4. The molecule has 0 amide bonds. The summed E-state index contributed by atoms with van der Waals surface area (Å²) in [7, 11) is 0. The zero-order valence-electron chi connectivity index (χ0n) is 14.7. The first-order valence-electron chi connectivity index (χ1n) is 8.65. The van der Waals surface area contributed by atoms with Gasteiger partial charge in [-0.3, -0.25) is 0 Å². The van der Waals surface area contributed by atoms with Gasteiger partial charge in [0.1, 0.15) is 22.7 Å². The number of phenols is 1. The van der Waals surface area contributed by atoms with E-state index < -0.39 is 6.10 Å². The van der Waals surface area contributed by atoms with Gasteiger partial charge in [0.15, 0.2) is 0 Å². The number of aliphatic hydroxyl groups is 1. The number of anilines is 1. The maximum atomic E-state index is 10.6. The quantitative estimate of drug-likeness (QED) is 0.474. The minimum Gasteiger partial charge on any atom is -0.508 e. The fourth-order valence-electron chi connectivity index (χ4n) is 2.97. The maximum Gasteiger partial charge on any atom is 0.138 e. The lowest BCUT2D eigenvalue weighted by Gasteiger charge is -2.21. The van der Waals surface area contributed by atoms with Crippen LogP contribution in [0.4, 0.5) is 5.82 Å². The van der Waals surface area contributed by atoms with E-state index in [1.165, 1.54) is 6.33 Å². The Bertz CT molecular complexity index is 1050. The number of hydrogen-bond donors (Lipinski definition) is 3. The molecule has 0 aliphatic heterocycles. The number of rotatable bonds is 5. The molecule has 0 fully saturated rings. The number of hydrogen-bond acceptors (Lipinski definition) is 6. The van der Waals surface area contributed by atoms with Crippen molar-refractivity contribution in [1.82, 2.24) is 9.97 Å². The van der Waals surface area contributed by atoms with Crippen LogP contribution >= 0.6 is 11.3 Å². The Morgan fingerprint density at radius 2 is 1.74 bits per heavy atom. The van der Waals surface area contributed by atoms with Gasteiger partial charge in [-0.2, -0.15) is 0 Å². The third kappa shape index (κ3) is 3.63. The second-order valence-corrected chi connectivity index (χ2v) is 7.42. The van der Waals surface area contributed by atoms with Crippen molar-refractivity contribution in [3.8, 4) is 16.2 Å². The molecule has 2 atom stereocenters. The van der Waals surface area contributed by atoms with Crippen molar-refractivity contribution in [2.45, 2.75) is 19.1 Å². The van der Waals surface area contributed by atoms with Crippen molar-refractivity contribution in [1.29, 1.82) is 0 Å². The van der Waals surface area contributed by atoms with Gasteiger partial charge in [-0.05, 0) is 36.2 Å². The molecule has 0 saturated heterocycles. The highest BCUT2D eigenvalue weighted by molar-refractivity contribution is 7.21. The lowest BCUT2D eigenvalue weighted by Crippen LogP contribution is -2.24. The summed E-state index contributed by atoms with van der Waals surface area (Å²) in [6, 6.07) is 18.5. The third-order valence-corrected chi connectivity index (χ3v) is 5.55. The molecule has 27 heavy (non-hydrogen) atoms. The number of phenolic OH excluding ortho intramolecular Hbond substituents is 1. The van der Waals surface area contributed by atoms with Crippen molar-refractivity contribution in [2.75, 3.05) is 5.32 Å². The monoisotopic (exact) mass is 377 g/mol. The molecule has 0 radical (unpaired) electrons. The van der Waals surface area contributed by atoms with Gasteiger partial charge in [-0.25, -0.2) is 9.97 Å². The summed E-state index contributed by atoms with van der Waals surface area (Å²) >= 11 is 1.62. The van der Waals surface area contributed by atoms with Gasteiger partial charge in [0.2, 0.25) is 0 Å². The molecule has 3 N–H and O–H groups in total. The molecule has 6 heteroatoms. The highest BCUT2D eigenvalue weighted by Crippen LogP contribution is 2.35. The molecule has 2 aromatic carbocycles. The lowest BCUT2D eigenvalue weighted by molar-refractivity contribution is 0.160. The number of nitrogens with one attached hydrogen (secondary N) is 1. The minimum absolute atomic E-state index is 0.177. The molecule has 0 aliphatic rings. The molecule has 0 bridgehead atoms. The minimum atomic E-state index is -0.733. The van der Waals surface area contributed by atoms with Crippen LogP contribution in [0.25, 0.3) is 20.7 Å². The van der Waals surface area contributed by atoms with Crippen LogP contribution in [0.3, 0.4) is 0 Å². The second-order valence-electron chi connectivity index (χ2n) is 6.39. The van der Waals surface area contributed by atoms with Gasteiger partial charge in [-0.1, -0.05) is 42.5 Å². The fourth-order valence-corrected chi connectivity index (χ4v) is 3.97. The summed E-state index contributed by atoms with van der Waals surface area (Å²) in [4.78, 5) is 10.8. The van der Waals surface area contributed by atoms with Gasteiger partial charge in [0, 0.05) is 4.88 Å². The third-order valence-electron chi connectivity index (χ3n) is 4.46. The van der Waals surface area contributed by atoms with Gasteiger partial charge in [0.25, 0.3) is 0 Å². The predicted octanol–water partition coefficient (Wildman–Crippen LogP) is 4.60. The Kier molecular flexibility index (Phi) is 4.75. The van der Waals surface area contributed by atoms with E-state index in [2.05, 4.69) is 33.5 Å². The molecule has 4 aromatic rings. The molecule has 5 nitrogen and oxygen atoms in total. The van der Waals surface area contributed by atoms with Crippen LogP contribution in [0.5, 0.6) is 5.75 Å². The van der Waals surface area contributed by atoms with Crippen molar-refractivity contribution in [3.05, 3.63) is 72.6 Å². The van der Waals surface area contributed by atoms with Crippen molar-refractivity contribution >= 4 is 27.4 Å². The van der Waals surface area contributed by atoms with E-state index in [0.717, 1.165) is 26.2 Å². The molecule has 0 saturated carbocycles. The van der Waals surface area contributed by atoms with Crippen LogP contribution in [0.1, 0.15) is 18.6 Å². The van der Waals surface area contributed by atoms with Crippen molar-refractivity contribution in [2.24, 2.45) is 0 Å². The van der Waals surface area contributed by atoms with Crippen LogP contribution in [-0.2, 0) is 0 Å². The van der Waals surface area contributed by atoms with Crippen molar-refractivity contribution < 1.29 is 10.2 Å². The molecule has 136 valence electrons. The summed E-state index contributed by atoms with van der Waals surface area (Å²) in [5, 5.41) is 24.3. The number of aromatic hydroxyl groups is 1. The molecule has 4 rings (SSSR count). The standard InChI is InChI=1S/C21H19N3O2S/c1-13(19(26)15-7-9-16(25)10-8-15)24-20-17-11-18(14-5-3-2-4-6-14)27-21(17)23-12-22-20/h2-13,19,25-26H,1H3,(H,22,23,24). The number of nitrogens with zero attached hydrogens (tertiary/aromatic N) is 2. The first-order valence-corrected chi connectivity index (χ1v) is 9.47. The Hall–Kier alpha value is -2.96. The zero-order chi connectivity index (χ0) is 18.8. The van der Waals surface area contributed by atoms with E-state index in [0.29, 0.717) is 5.82 Å². The number of aromatic nitrogens is 2. The van der Waals surface area contributed by atoms with Crippen LogP contribution in [0, 0.1) is 0 Å². The van der Waals surface area contributed by atoms with E-state index in [-0.39, 0.29) is 11.8 Å². The first-order chi connectivity index (χ1) is 13.1. The molecular formula is C21H19N3O2S. The van der Waals surface area contributed by atoms with Crippen molar-refractivity contribution in [3.63, 3.8) is 0 Å². The van der Waals surface area contributed by atoms with E-state index in [1.807, 2.05) is 25.1 Å². The highest BCUT2D eigenvalue weighted by atomic mass is 32.1. The second kappa shape index (κ2) is 7.34. The largest absolute Gasteiger partial charge is 0.508 e. The van der Waals surface area contributed by atoms with Crippen LogP contribution in [0.15, 0.2) is 67.0 Å². The highest BCUT2D eigenvalue weighted by Gasteiger charge is 2.19. The van der Waals surface area contributed by atoms with Gasteiger partial charge in [-0.15, -0.1) is 11.3 Å². The first kappa shape index (κ1) is 17.5. The summed E-state index contributed by atoms with van der Waals surface area (Å²) in [5.41, 5.74) is 1.87. The summed E-state index contributed by atoms with van der Waals surface area (Å²) < 4.78 is 0. The Balaban J connectivity index is 1.61. The molecule has 2 unspecified atom stereocenters. The molecular weight excluding hydrogens is 358 g/mol. The smallest absolute Gasteiger partial charge is 0.138 e. The van der Waals surface area contributed by atoms with Crippen LogP contribution < -0.4 is 5.32 Å². The Morgan fingerprint density at radius 1 is 1.00 bits per heavy atom. The zero-order valence-corrected chi connectivity index (χ0v) is 15.5. The van der Waals surface area contributed by atoms with Gasteiger partial charge >= 0.3 is 0 Å². The molecule has 2 heterocycles. The average molecular weight is 377 g/mol. The number of benzene rings is 2. The lowest BCUT2D eigenvalue weighted by atomic mass is 10.0. The maximum absolute atomic E-state index is 10.6.